The lowest BCUT2D eigenvalue weighted by Gasteiger charge is -2.34. The third-order valence-corrected chi connectivity index (χ3v) is 3.91. The molecule has 2 amide bonds. The Morgan fingerprint density at radius 1 is 1.22 bits per heavy atom. The predicted octanol–water partition coefficient (Wildman–Crippen LogP) is 2.27. The quantitative estimate of drug-likeness (QED) is 0.783. The molecular formula is C17H27N3O3. The van der Waals surface area contributed by atoms with E-state index in [0.29, 0.717) is 12.4 Å². The summed E-state index contributed by atoms with van der Waals surface area (Å²) in [5.74, 6) is 0.710. The van der Waals surface area contributed by atoms with Crippen LogP contribution in [0, 0.1) is 0 Å². The van der Waals surface area contributed by atoms with Gasteiger partial charge in [-0.1, -0.05) is 12.1 Å². The number of para-hydroxylation sites is 2. The molecule has 6 nitrogen and oxygen atoms in total. The van der Waals surface area contributed by atoms with Crippen molar-refractivity contribution in [1.29, 1.82) is 0 Å². The van der Waals surface area contributed by atoms with Crippen LogP contribution in [0.15, 0.2) is 24.3 Å². The van der Waals surface area contributed by atoms with Crippen LogP contribution in [0.1, 0.15) is 13.3 Å². The molecule has 0 aromatic heterocycles. The van der Waals surface area contributed by atoms with E-state index in [2.05, 4.69) is 10.2 Å². The number of carbonyl (C=O) groups excluding carboxylic acids is 1. The monoisotopic (exact) mass is 321 g/mol. The summed E-state index contributed by atoms with van der Waals surface area (Å²) in [6.07, 6.45) is 1.03. The van der Waals surface area contributed by atoms with E-state index in [1.165, 1.54) is 0 Å². The summed E-state index contributed by atoms with van der Waals surface area (Å²) in [4.78, 5) is 16.6. The molecule has 1 aromatic rings. The first-order chi connectivity index (χ1) is 11.2. The third-order valence-electron chi connectivity index (χ3n) is 3.91. The first kappa shape index (κ1) is 17.6. The van der Waals surface area contributed by atoms with Crippen molar-refractivity contribution in [3.8, 4) is 5.75 Å². The van der Waals surface area contributed by atoms with E-state index >= 15 is 0 Å². The Balaban J connectivity index is 1.81. The van der Waals surface area contributed by atoms with Crippen molar-refractivity contribution in [2.24, 2.45) is 0 Å². The number of piperazine rings is 1. The molecule has 128 valence electrons. The van der Waals surface area contributed by atoms with Gasteiger partial charge in [0.1, 0.15) is 5.75 Å². The van der Waals surface area contributed by atoms with Crippen molar-refractivity contribution in [3.05, 3.63) is 24.3 Å². The fourth-order valence-electron chi connectivity index (χ4n) is 2.65. The molecule has 1 aliphatic heterocycles. The van der Waals surface area contributed by atoms with Gasteiger partial charge in [-0.15, -0.1) is 0 Å². The third kappa shape index (κ3) is 5.41. The Labute approximate surface area is 138 Å². The summed E-state index contributed by atoms with van der Waals surface area (Å²) < 4.78 is 10.6. The van der Waals surface area contributed by atoms with E-state index in [9.17, 15) is 4.79 Å². The van der Waals surface area contributed by atoms with Crippen LogP contribution >= 0.6 is 0 Å². The zero-order valence-electron chi connectivity index (χ0n) is 14.1. The van der Waals surface area contributed by atoms with Crippen LogP contribution < -0.4 is 10.1 Å². The van der Waals surface area contributed by atoms with E-state index in [0.717, 1.165) is 51.4 Å². The maximum atomic E-state index is 12.4. The molecule has 23 heavy (non-hydrogen) atoms. The van der Waals surface area contributed by atoms with Crippen molar-refractivity contribution < 1.29 is 14.3 Å². The Hall–Kier alpha value is -1.79. The molecule has 0 radical (unpaired) electrons. The first-order valence-electron chi connectivity index (χ1n) is 8.23. The van der Waals surface area contributed by atoms with Crippen LogP contribution in [0.5, 0.6) is 5.75 Å². The van der Waals surface area contributed by atoms with Gasteiger partial charge in [0.2, 0.25) is 0 Å². The highest BCUT2D eigenvalue weighted by Gasteiger charge is 2.21. The van der Waals surface area contributed by atoms with Gasteiger partial charge in [0.05, 0.1) is 12.3 Å². The minimum absolute atomic E-state index is 0.0614. The highest BCUT2D eigenvalue weighted by molar-refractivity contribution is 5.91. The maximum absolute atomic E-state index is 12.4. The molecule has 2 rings (SSSR count). The van der Waals surface area contributed by atoms with Gasteiger partial charge in [0.15, 0.2) is 0 Å². The summed E-state index contributed by atoms with van der Waals surface area (Å²) >= 11 is 0. The lowest BCUT2D eigenvalue weighted by atomic mass is 10.3. The summed E-state index contributed by atoms with van der Waals surface area (Å²) in [6, 6.07) is 7.47. The molecule has 1 aliphatic rings. The predicted molar refractivity (Wildman–Crippen MR) is 91.1 cm³/mol. The fourth-order valence-corrected chi connectivity index (χ4v) is 2.65. The maximum Gasteiger partial charge on any atom is 0.322 e. The highest BCUT2D eigenvalue weighted by Crippen LogP contribution is 2.24. The Morgan fingerprint density at radius 3 is 2.65 bits per heavy atom. The number of amides is 2. The number of anilines is 1. The molecule has 0 unspecified atom stereocenters. The smallest absolute Gasteiger partial charge is 0.322 e. The largest absolute Gasteiger partial charge is 0.492 e. The lowest BCUT2D eigenvalue weighted by Crippen LogP contribution is -2.50. The van der Waals surface area contributed by atoms with E-state index in [1.807, 2.05) is 36.1 Å². The molecular weight excluding hydrogens is 294 g/mol. The Morgan fingerprint density at radius 2 is 1.96 bits per heavy atom. The first-order valence-corrected chi connectivity index (χ1v) is 8.23. The Kier molecular flexibility index (Phi) is 7.16. The molecule has 0 atom stereocenters. The van der Waals surface area contributed by atoms with Gasteiger partial charge in [0.25, 0.3) is 0 Å². The summed E-state index contributed by atoms with van der Waals surface area (Å²) in [5.41, 5.74) is 0.724. The number of carbonyl (C=O) groups is 1. The second-order valence-electron chi connectivity index (χ2n) is 5.53. The molecule has 6 heteroatoms. The van der Waals surface area contributed by atoms with Gasteiger partial charge in [-0.3, -0.25) is 4.90 Å². The zero-order chi connectivity index (χ0) is 16.5. The van der Waals surface area contributed by atoms with Gasteiger partial charge >= 0.3 is 6.03 Å². The number of nitrogens with one attached hydrogen (secondary N) is 1. The second kappa shape index (κ2) is 9.37. The molecule has 0 saturated carbocycles. The number of benzene rings is 1. The minimum atomic E-state index is -0.0614. The summed E-state index contributed by atoms with van der Waals surface area (Å²) in [5, 5.41) is 2.96. The van der Waals surface area contributed by atoms with Gasteiger partial charge in [-0.05, 0) is 25.5 Å². The number of hydrogen-bond donors (Lipinski definition) is 1. The van der Waals surface area contributed by atoms with Gasteiger partial charge < -0.3 is 19.7 Å². The van der Waals surface area contributed by atoms with Crippen molar-refractivity contribution in [2.45, 2.75) is 13.3 Å². The minimum Gasteiger partial charge on any atom is -0.492 e. The van der Waals surface area contributed by atoms with Crippen LogP contribution in [-0.4, -0.2) is 68.9 Å². The van der Waals surface area contributed by atoms with Crippen LogP contribution in [0.25, 0.3) is 0 Å². The molecule has 1 N–H and O–H groups in total. The second-order valence-corrected chi connectivity index (χ2v) is 5.53. The number of rotatable bonds is 7. The van der Waals surface area contributed by atoms with Gasteiger partial charge in [-0.25, -0.2) is 4.79 Å². The molecule has 1 aromatic carbocycles. The van der Waals surface area contributed by atoms with Crippen LogP contribution in [0.4, 0.5) is 10.5 Å². The van der Waals surface area contributed by atoms with E-state index < -0.39 is 0 Å². The summed E-state index contributed by atoms with van der Waals surface area (Å²) in [7, 11) is 1.72. The molecule has 0 bridgehead atoms. The number of hydrogen-bond acceptors (Lipinski definition) is 4. The average molecular weight is 321 g/mol. The van der Waals surface area contributed by atoms with Crippen LogP contribution in [-0.2, 0) is 4.74 Å². The number of nitrogens with zero attached hydrogens (tertiary/aromatic N) is 2. The van der Waals surface area contributed by atoms with Crippen molar-refractivity contribution >= 4 is 11.7 Å². The van der Waals surface area contributed by atoms with Crippen molar-refractivity contribution in [1.82, 2.24) is 9.80 Å². The van der Waals surface area contributed by atoms with E-state index in [-0.39, 0.29) is 6.03 Å². The topological polar surface area (TPSA) is 54.0 Å². The Bertz CT molecular complexity index is 488. The standard InChI is InChI=1S/C17H27N3O3/c1-3-23-16-8-5-4-7-15(16)18-17(21)20-12-10-19(11-13-20)9-6-14-22-2/h4-5,7-8H,3,6,9-14H2,1-2H3,(H,18,21). The molecule has 0 spiro atoms. The van der Waals surface area contributed by atoms with Gasteiger partial charge in [0, 0.05) is 46.4 Å². The molecule has 1 fully saturated rings. The molecule has 1 heterocycles. The number of urea groups is 1. The van der Waals surface area contributed by atoms with Crippen molar-refractivity contribution in [2.75, 3.05) is 58.4 Å². The van der Waals surface area contributed by atoms with Crippen LogP contribution in [0.2, 0.25) is 0 Å². The van der Waals surface area contributed by atoms with Crippen molar-refractivity contribution in [3.63, 3.8) is 0 Å². The highest BCUT2D eigenvalue weighted by atomic mass is 16.5. The SMILES string of the molecule is CCOc1ccccc1NC(=O)N1CCN(CCCOC)CC1. The van der Waals surface area contributed by atoms with E-state index in [4.69, 9.17) is 9.47 Å². The normalized spacial score (nSPS) is 15.5. The molecule has 1 saturated heterocycles. The summed E-state index contributed by atoms with van der Waals surface area (Å²) in [6.45, 7) is 7.62. The van der Waals surface area contributed by atoms with Gasteiger partial charge in [-0.2, -0.15) is 0 Å². The molecule has 0 aliphatic carbocycles. The van der Waals surface area contributed by atoms with E-state index in [1.54, 1.807) is 7.11 Å². The number of ether oxygens (including phenoxy) is 2. The fraction of sp³-hybridized carbons (Fsp3) is 0.588. The zero-order valence-corrected chi connectivity index (χ0v) is 14.1. The average Bonchev–Trinajstić information content (AvgIpc) is 2.58. The number of methoxy groups -OCH3 is 1. The lowest BCUT2D eigenvalue weighted by molar-refractivity contribution is 0.130. The van der Waals surface area contributed by atoms with Crippen LogP contribution in [0.3, 0.4) is 0 Å².